The number of anilines is 1. The minimum atomic E-state index is -0.329. The van der Waals surface area contributed by atoms with Crippen LogP contribution in [0.2, 0.25) is 0 Å². The van der Waals surface area contributed by atoms with Crippen molar-refractivity contribution in [2.75, 3.05) is 39.0 Å². The van der Waals surface area contributed by atoms with Gasteiger partial charge in [-0.2, -0.15) is 5.10 Å². The number of aromatic nitrogens is 7. The van der Waals surface area contributed by atoms with Crippen molar-refractivity contribution in [2.45, 2.75) is 13.5 Å². The molecule has 6 aromatic rings. The highest BCUT2D eigenvalue weighted by atomic mass is 19.1. The zero-order valence-electron chi connectivity index (χ0n) is 23.2. The van der Waals surface area contributed by atoms with Crippen molar-refractivity contribution in [3.63, 3.8) is 0 Å². The van der Waals surface area contributed by atoms with E-state index in [0.29, 0.717) is 34.8 Å². The number of pyridine rings is 3. The average Bonchev–Trinajstić information content (AvgIpc) is 3.59. The SMILES string of the molecule is CCNCc1cncc(-c2cc3c(-c4nc5c(-c6cc(F)cc(NCCN(C)C)c6)cncc5[nH]4)n[nH]c3cn2)c1. The minimum Gasteiger partial charge on any atom is -0.384 e. The lowest BCUT2D eigenvalue weighted by atomic mass is 10.1. The fourth-order valence-corrected chi connectivity index (χ4v) is 4.78. The van der Waals surface area contributed by atoms with Gasteiger partial charge in [0.25, 0.3) is 0 Å². The molecular weight excluding hydrogens is 519 g/mol. The first kappa shape index (κ1) is 26.5. The van der Waals surface area contributed by atoms with Gasteiger partial charge in [-0.25, -0.2) is 9.37 Å². The summed E-state index contributed by atoms with van der Waals surface area (Å²) in [6, 6.07) is 9.00. The quantitative estimate of drug-likeness (QED) is 0.191. The zero-order valence-corrected chi connectivity index (χ0v) is 23.2. The van der Waals surface area contributed by atoms with Gasteiger partial charge in [-0.1, -0.05) is 6.92 Å². The first-order valence-corrected chi connectivity index (χ1v) is 13.5. The van der Waals surface area contributed by atoms with Gasteiger partial charge in [0.05, 0.1) is 34.6 Å². The molecule has 6 rings (SSSR count). The number of rotatable bonds is 10. The number of halogens is 1. The number of H-pyrrole nitrogens is 2. The third kappa shape index (κ3) is 5.63. The van der Waals surface area contributed by atoms with Crippen molar-refractivity contribution >= 4 is 27.6 Å². The highest BCUT2D eigenvalue weighted by molar-refractivity contribution is 5.97. The summed E-state index contributed by atoms with van der Waals surface area (Å²) in [4.78, 5) is 23.8. The Morgan fingerprint density at radius 1 is 0.927 bits per heavy atom. The predicted molar refractivity (Wildman–Crippen MR) is 160 cm³/mol. The van der Waals surface area contributed by atoms with Crippen LogP contribution in [0.5, 0.6) is 0 Å². The monoisotopic (exact) mass is 550 g/mol. The molecule has 11 heteroatoms. The van der Waals surface area contributed by atoms with E-state index < -0.39 is 0 Å². The number of hydrogen-bond donors (Lipinski definition) is 4. The number of imidazole rings is 1. The van der Waals surface area contributed by atoms with E-state index in [1.807, 2.05) is 38.6 Å². The number of nitrogens with zero attached hydrogens (tertiary/aromatic N) is 6. The molecule has 41 heavy (non-hydrogen) atoms. The number of nitrogens with one attached hydrogen (secondary N) is 4. The van der Waals surface area contributed by atoms with Gasteiger partial charge in [-0.05, 0) is 62.1 Å². The van der Waals surface area contributed by atoms with Crippen LogP contribution in [0.3, 0.4) is 0 Å². The molecule has 5 heterocycles. The van der Waals surface area contributed by atoms with E-state index in [1.54, 1.807) is 18.6 Å². The lowest BCUT2D eigenvalue weighted by Gasteiger charge is -2.12. The van der Waals surface area contributed by atoms with Crippen molar-refractivity contribution < 1.29 is 4.39 Å². The Morgan fingerprint density at radius 2 is 1.80 bits per heavy atom. The molecule has 0 radical (unpaired) electrons. The van der Waals surface area contributed by atoms with Gasteiger partial charge in [0, 0.05) is 60.4 Å². The van der Waals surface area contributed by atoms with E-state index in [0.717, 1.165) is 58.4 Å². The largest absolute Gasteiger partial charge is 0.384 e. The van der Waals surface area contributed by atoms with E-state index in [-0.39, 0.29) is 5.82 Å². The molecule has 0 unspecified atom stereocenters. The fraction of sp³-hybridized carbons (Fsp3) is 0.233. The summed E-state index contributed by atoms with van der Waals surface area (Å²) < 4.78 is 14.6. The van der Waals surface area contributed by atoms with Crippen molar-refractivity contribution in [3.8, 4) is 33.9 Å². The molecule has 0 saturated carbocycles. The molecule has 0 aliphatic carbocycles. The van der Waals surface area contributed by atoms with Crippen LogP contribution in [0.4, 0.5) is 10.1 Å². The summed E-state index contributed by atoms with van der Waals surface area (Å²) in [5.74, 6) is 0.252. The number of hydrogen-bond acceptors (Lipinski definition) is 8. The third-order valence-corrected chi connectivity index (χ3v) is 6.83. The van der Waals surface area contributed by atoms with Crippen LogP contribution in [-0.2, 0) is 6.54 Å². The van der Waals surface area contributed by atoms with Crippen LogP contribution >= 0.6 is 0 Å². The highest BCUT2D eigenvalue weighted by Crippen LogP contribution is 2.33. The van der Waals surface area contributed by atoms with E-state index in [2.05, 4.69) is 58.7 Å². The average molecular weight is 551 g/mol. The molecule has 1 aromatic carbocycles. The van der Waals surface area contributed by atoms with Gasteiger partial charge < -0.3 is 20.5 Å². The molecule has 10 nitrogen and oxygen atoms in total. The van der Waals surface area contributed by atoms with Crippen LogP contribution < -0.4 is 10.6 Å². The van der Waals surface area contributed by atoms with Crippen LogP contribution in [0.25, 0.3) is 55.8 Å². The normalized spacial score (nSPS) is 11.6. The smallest absolute Gasteiger partial charge is 0.159 e. The molecule has 0 spiro atoms. The van der Waals surface area contributed by atoms with Gasteiger partial charge in [-0.15, -0.1) is 0 Å². The van der Waals surface area contributed by atoms with Crippen molar-refractivity contribution in [1.82, 2.24) is 45.3 Å². The van der Waals surface area contributed by atoms with Gasteiger partial charge in [0.15, 0.2) is 5.82 Å². The standard InChI is InChI=1S/C30H31FN10/c1-4-32-12-18-7-20(14-33-13-18)25-11-23-26(17-36-25)39-40-29(23)30-37-27-16-34-15-24(28(27)38-30)19-8-21(31)10-22(9-19)35-5-6-41(2)3/h7-11,13-17,32,35H,4-6,12H2,1-3H3,(H,37,38)(H,39,40). The fourth-order valence-electron chi connectivity index (χ4n) is 4.78. The van der Waals surface area contributed by atoms with Gasteiger partial charge in [0.2, 0.25) is 0 Å². The predicted octanol–water partition coefficient (Wildman–Crippen LogP) is 4.85. The molecule has 0 amide bonds. The molecule has 208 valence electrons. The molecule has 4 N–H and O–H groups in total. The number of fused-ring (bicyclic) bond motifs is 2. The second-order valence-electron chi connectivity index (χ2n) is 10.2. The lowest BCUT2D eigenvalue weighted by molar-refractivity contribution is 0.425. The Labute approximate surface area is 236 Å². The highest BCUT2D eigenvalue weighted by Gasteiger charge is 2.17. The molecule has 0 fully saturated rings. The Kier molecular flexibility index (Phi) is 7.36. The second-order valence-corrected chi connectivity index (χ2v) is 10.2. The first-order valence-electron chi connectivity index (χ1n) is 13.5. The van der Waals surface area contributed by atoms with E-state index in [1.165, 1.54) is 12.1 Å². The first-order chi connectivity index (χ1) is 20.0. The van der Waals surface area contributed by atoms with Crippen molar-refractivity contribution in [2.24, 2.45) is 0 Å². The van der Waals surface area contributed by atoms with E-state index in [4.69, 9.17) is 4.98 Å². The van der Waals surface area contributed by atoms with Crippen LogP contribution in [-0.4, -0.2) is 73.7 Å². The Bertz CT molecular complexity index is 1820. The van der Waals surface area contributed by atoms with Crippen LogP contribution in [0, 0.1) is 5.82 Å². The van der Waals surface area contributed by atoms with Crippen LogP contribution in [0.1, 0.15) is 12.5 Å². The number of aromatic amines is 2. The van der Waals surface area contributed by atoms with E-state index >= 15 is 0 Å². The summed E-state index contributed by atoms with van der Waals surface area (Å²) in [6.07, 6.45) is 8.86. The summed E-state index contributed by atoms with van der Waals surface area (Å²) in [6.45, 7) is 5.23. The molecule has 0 aliphatic heterocycles. The van der Waals surface area contributed by atoms with Gasteiger partial charge in [-0.3, -0.25) is 20.1 Å². The maximum atomic E-state index is 14.6. The summed E-state index contributed by atoms with van der Waals surface area (Å²) in [7, 11) is 4.00. The summed E-state index contributed by atoms with van der Waals surface area (Å²) in [5.41, 5.74) is 7.79. The number of likely N-dealkylation sites (N-methyl/N-ethyl adjacent to an activating group) is 1. The minimum absolute atomic E-state index is 0.329. The molecule has 0 saturated heterocycles. The molecule has 0 atom stereocenters. The Balaban J connectivity index is 1.37. The van der Waals surface area contributed by atoms with Crippen LogP contribution in [0.15, 0.2) is 61.3 Å². The maximum absolute atomic E-state index is 14.6. The topological polar surface area (TPSA) is 123 Å². The third-order valence-electron chi connectivity index (χ3n) is 6.83. The molecule has 0 bridgehead atoms. The second kappa shape index (κ2) is 11.4. The molecule has 0 aliphatic rings. The van der Waals surface area contributed by atoms with Crippen molar-refractivity contribution in [3.05, 3.63) is 72.7 Å². The zero-order chi connectivity index (χ0) is 28.3. The van der Waals surface area contributed by atoms with Crippen molar-refractivity contribution in [1.29, 1.82) is 0 Å². The maximum Gasteiger partial charge on any atom is 0.159 e. The Morgan fingerprint density at radius 3 is 2.66 bits per heavy atom. The summed E-state index contributed by atoms with van der Waals surface area (Å²) in [5, 5.41) is 15.1. The number of benzene rings is 1. The Hall–Kier alpha value is -4.74. The summed E-state index contributed by atoms with van der Waals surface area (Å²) >= 11 is 0. The lowest BCUT2D eigenvalue weighted by Crippen LogP contribution is -2.20. The molecule has 5 aromatic heterocycles. The van der Waals surface area contributed by atoms with Gasteiger partial charge in [0.1, 0.15) is 11.5 Å². The van der Waals surface area contributed by atoms with Gasteiger partial charge >= 0.3 is 0 Å². The van der Waals surface area contributed by atoms with E-state index in [9.17, 15) is 4.39 Å². The molecular formula is C30H31FN10.